The molecule has 1 unspecified atom stereocenters. The van der Waals surface area contributed by atoms with Gasteiger partial charge in [0.2, 0.25) is 0 Å². The Hall–Kier alpha value is -1.91. The molecule has 4 heteroatoms. The molecule has 1 heterocycles. The van der Waals surface area contributed by atoms with Gasteiger partial charge in [0.15, 0.2) is 5.13 Å². The predicted octanol–water partition coefficient (Wildman–Crippen LogP) is 3.58. The molecule has 0 aliphatic carbocycles. The number of aromatic nitrogens is 1. The standard InChI is InChI=1S/C16H17N3S/c1-16(11-17,12-7-3-2-4-8-12)19-15-18-13-9-5-6-10-14(13)20-15/h2-10H,11,17H2,1H3,(H,18,19). The lowest BCUT2D eigenvalue weighted by Gasteiger charge is -2.29. The molecule has 20 heavy (non-hydrogen) atoms. The van der Waals surface area contributed by atoms with Crippen LogP contribution >= 0.6 is 11.3 Å². The smallest absolute Gasteiger partial charge is 0.184 e. The molecule has 102 valence electrons. The van der Waals surface area contributed by atoms with Crippen molar-refractivity contribution in [2.75, 3.05) is 11.9 Å². The van der Waals surface area contributed by atoms with Crippen molar-refractivity contribution in [3.05, 3.63) is 60.2 Å². The molecule has 3 rings (SSSR count). The van der Waals surface area contributed by atoms with Gasteiger partial charge < -0.3 is 11.1 Å². The Bertz CT molecular complexity index is 675. The lowest BCUT2D eigenvalue weighted by molar-refractivity contribution is 0.556. The molecule has 1 aromatic heterocycles. The van der Waals surface area contributed by atoms with E-state index in [2.05, 4.69) is 35.4 Å². The minimum atomic E-state index is -0.310. The Kier molecular flexibility index (Phi) is 3.42. The van der Waals surface area contributed by atoms with Gasteiger partial charge in [0.1, 0.15) is 0 Å². The first-order valence-corrected chi connectivity index (χ1v) is 7.42. The van der Waals surface area contributed by atoms with E-state index in [4.69, 9.17) is 5.73 Å². The summed E-state index contributed by atoms with van der Waals surface area (Å²) in [6, 6.07) is 18.4. The minimum absolute atomic E-state index is 0.310. The molecule has 0 bridgehead atoms. The topological polar surface area (TPSA) is 50.9 Å². The number of rotatable bonds is 4. The molecular weight excluding hydrogens is 266 g/mol. The van der Waals surface area contributed by atoms with Crippen molar-refractivity contribution in [3.8, 4) is 0 Å². The highest BCUT2D eigenvalue weighted by Crippen LogP contribution is 2.31. The van der Waals surface area contributed by atoms with Gasteiger partial charge in [0.25, 0.3) is 0 Å². The molecule has 0 radical (unpaired) electrons. The van der Waals surface area contributed by atoms with Crippen molar-refractivity contribution < 1.29 is 0 Å². The molecule has 2 aromatic carbocycles. The number of para-hydroxylation sites is 1. The molecule has 3 N–H and O–H groups in total. The summed E-state index contributed by atoms with van der Waals surface area (Å²) in [4.78, 5) is 4.62. The third-order valence-electron chi connectivity index (χ3n) is 3.50. The Morgan fingerprint density at radius 2 is 1.80 bits per heavy atom. The first-order valence-electron chi connectivity index (χ1n) is 6.61. The first-order chi connectivity index (χ1) is 9.71. The van der Waals surface area contributed by atoms with E-state index in [9.17, 15) is 0 Å². The van der Waals surface area contributed by atoms with Gasteiger partial charge in [-0.1, -0.05) is 53.8 Å². The van der Waals surface area contributed by atoms with E-state index in [-0.39, 0.29) is 5.54 Å². The third kappa shape index (κ3) is 2.40. The number of nitrogens with zero attached hydrogens (tertiary/aromatic N) is 1. The summed E-state index contributed by atoms with van der Waals surface area (Å²) in [6.45, 7) is 2.61. The molecule has 3 nitrogen and oxygen atoms in total. The monoisotopic (exact) mass is 283 g/mol. The average Bonchev–Trinajstić information content (AvgIpc) is 2.90. The summed E-state index contributed by atoms with van der Waals surface area (Å²) >= 11 is 1.66. The van der Waals surface area contributed by atoms with E-state index in [0.29, 0.717) is 6.54 Å². The first kappa shape index (κ1) is 13.1. The number of nitrogens with two attached hydrogens (primary N) is 1. The summed E-state index contributed by atoms with van der Waals surface area (Å²) in [6.07, 6.45) is 0. The maximum absolute atomic E-state index is 6.00. The van der Waals surface area contributed by atoms with Gasteiger partial charge in [-0.15, -0.1) is 0 Å². The fraction of sp³-hybridized carbons (Fsp3) is 0.188. The third-order valence-corrected chi connectivity index (χ3v) is 4.45. The van der Waals surface area contributed by atoms with Gasteiger partial charge in [-0.3, -0.25) is 0 Å². The van der Waals surface area contributed by atoms with Crippen molar-refractivity contribution in [1.29, 1.82) is 0 Å². The van der Waals surface area contributed by atoms with Crippen LogP contribution in [0.3, 0.4) is 0 Å². The van der Waals surface area contributed by atoms with E-state index in [0.717, 1.165) is 10.6 Å². The molecule has 0 spiro atoms. The van der Waals surface area contributed by atoms with E-state index in [1.807, 2.05) is 36.4 Å². The minimum Gasteiger partial charge on any atom is -0.351 e. The molecule has 3 aromatic rings. The van der Waals surface area contributed by atoms with Crippen molar-refractivity contribution in [2.45, 2.75) is 12.5 Å². The van der Waals surface area contributed by atoms with Gasteiger partial charge in [0.05, 0.1) is 15.8 Å². The maximum atomic E-state index is 6.00. The Morgan fingerprint density at radius 3 is 2.50 bits per heavy atom. The van der Waals surface area contributed by atoms with Crippen molar-refractivity contribution >= 4 is 26.7 Å². The lowest BCUT2D eigenvalue weighted by Crippen LogP contribution is -2.39. The molecule has 0 saturated heterocycles. The summed E-state index contributed by atoms with van der Waals surface area (Å²) in [5, 5.41) is 4.40. The number of thiazole rings is 1. The molecule has 0 saturated carbocycles. The lowest BCUT2D eigenvalue weighted by atomic mass is 9.92. The number of hydrogen-bond acceptors (Lipinski definition) is 4. The summed E-state index contributed by atoms with van der Waals surface area (Å²) in [5.41, 5.74) is 7.87. The zero-order chi connectivity index (χ0) is 14.0. The van der Waals surface area contributed by atoms with Crippen LogP contribution in [0.1, 0.15) is 12.5 Å². The molecule has 0 amide bonds. The van der Waals surface area contributed by atoms with Crippen LogP contribution < -0.4 is 11.1 Å². The highest BCUT2D eigenvalue weighted by Gasteiger charge is 2.25. The Morgan fingerprint density at radius 1 is 1.10 bits per heavy atom. The fourth-order valence-corrected chi connectivity index (χ4v) is 3.20. The van der Waals surface area contributed by atoms with Crippen molar-refractivity contribution in [3.63, 3.8) is 0 Å². The SMILES string of the molecule is CC(CN)(Nc1nc2ccccc2s1)c1ccccc1. The fourth-order valence-electron chi connectivity index (χ4n) is 2.21. The van der Waals surface area contributed by atoms with E-state index < -0.39 is 0 Å². The molecule has 1 atom stereocenters. The average molecular weight is 283 g/mol. The Balaban J connectivity index is 1.95. The summed E-state index contributed by atoms with van der Waals surface area (Å²) in [7, 11) is 0. The number of benzene rings is 2. The van der Waals surface area contributed by atoms with Crippen LogP contribution in [0.5, 0.6) is 0 Å². The second kappa shape index (κ2) is 5.23. The van der Waals surface area contributed by atoms with E-state index in [1.165, 1.54) is 10.3 Å². The highest BCUT2D eigenvalue weighted by atomic mass is 32.1. The van der Waals surface area contributed by atoms with Gasteiger partial charge in [0, 0.05) is 6.54 Å². The molecule has 0 fully saturated rings. The maximum Gasteiger partial charge on any atom is 0.184 e. The largest absolute Gasteiger partial charge is 0.351 e. The molecular formula is C16H17N3S. The van der Waals surface area contributed by atoms with Crippen molar-refractivity contribution in [2.24, 2.45) is 5.73 Å². The predicted molar refractivity (Wildman–Crippen MR) is 86.1 cm³/mol. The van der Waals surface area contributed by atoms with E-state index in [1.54, 1.807) is 11.3 Å². The van der Waals surface area contributed by atoms with Crippen LogP contribution in [0.4, 0.5) is 5.13 Å². The number of fused-ring (bicyclic) bond motifs is 1. The summed E-state index contributed by atoms with van der Waals surface area (Å²) < 4.78 is 1.18. The zero-order valence-corrected chi connectivity index (χ0v) is 12.2. The van der Waals surface area contributed by atoms with E-state index >= 15 is 0 Å². The van der Waals surface area contributed by atoms with Crippen LogP contribution in [-0.4, -0.2) is 11.5 Å². The van der Waals surface area contributed by atoms with Crippen LogP contribution in [-0.2, 0) is 5.54 Å². The van der Waals surface area contributed by atoms with Crippen LogP contribution in [0.2, 0.25) is 0 Å². The number of anilines is 1. The second-order valence-electron chi connectivity index (χ2n) is 5.01. The van der Waals surface area contributed by atoms with Gasteiger partial charge in [-0.25, -0.2) is 4.98 Å². The molecule has 0 aliphatic heterocycles. The van der Waals surface area contributed by atoms with Gasteiger partial charge in [-0.05, 0) is 24.6 Å². The normalized spacial score (nSPS) is 14.1. The number of hydrogen-bond donors (Lipinski definition) is 2. The summed E-state index contributed by atoms with van der Waals surface area (Å²) in [5.74, 6) is 0. The zero-order valence-electron chi connectivity index (χ0n) is 11.3. The van der Waals surface area contributed by atoms with Gasteiger partial charge in [-0.2, -0.15) is 0 Å². The van der Waals surface area contributed by atoms with Gasteiger partial charge >= 0.3 is 0 Å². The highest BCUT2D eigenvalue weighted by molar-refractivity contribution is 7.22. The van der Waals surface area contributed by atoms with Crippen LogP contribution in [0.15, 0.2) is 54.6 Å². The quantitative estimate of drug-likeness (QED) is 0.769. The van der Waals surface area contributed by atoms with Crippen LogP contribution in [0.25, 0.3) is 10.2 Å². The van der Waals surface area contributed by atoms with Crippen LogP contribution in [0, 0.1) is 0 Å². The molecule has 0 aliphatic rings. The van der Waals surface area contributed by atoms with Crippen molar-refractivity contribution in [1.82, 2.24) is 4.98 Å². The Labute approximate surface area is 122 Å². The second-order valence-corrected chi connectivity index (χ2v) is 6.04. The number of nitrogens with one attached hydrogen (secondary N) is 1.